The number of aliphatic hydroxyl groups is 2. The summed E-state index contributed by atoms with van der Waals surface area (Å²) in [4.78, 5) is 25.4. The molecule has 1 aliphatic rings. The normalized spacial score (nSPS) is 19.4. The highest BCUT2D eigenvalue weighted by molar-refractivity contribution is 5.74. The minimum absolute atomic E-state index is 0.00117. The summed E-state index contributed by atoms with van der Waals surface area (Å²) in [5.74, 6) is 0.587. The molecule has 1 aliphatic carbocycles. The summed E-state index contributed by atoms with van der Waals surface area (Å²) in [6.45, 7) is 7.87. The van der Waals surface area contributed by atoms with E-state index in [0.29, 0.717) is 23.6 Å². The molecule has 10 heteroatoms. The fraction of sp³-hybridized carbons (Fsp3) is 0.500. The third-order valence-corrected chi connectivity index (χ3v) is 7.91. The zero-order valence-corrected chi connectivity index (χ0v) is 24.6. The number of nitrogens with zero attached hydrogens (tertiary/aromatic N) is 3. The van der Waals surface area contributed by atoms with Gasteiger partial charge in [-0.25, -0.2) is 23.5 Å². The molecule has 3 aromatic rings. The fourth-order valence-corrected chi connectivity index (χ4v) is 5.45. The van der Waals surface area contributed by atoms with E-state index >= 15 is 0 Å². The summed E-state index contributed by atoms with van der Waals surface area (Å²) >= 11 is 0. The average Bonchev–Trinajstić information content (AvgIpc) is 2.95. The number of carbonyl (C=O) groups excluding carboxylic acids is 1. The van der Waals surface area contributed by atoms with Crippen molar-refractivity contribution >= 4 is 17.6 Å². The van der Waals surface area contributed by atoms with Gasteiger partial charge in [-0.1, -0.05) is 13.8 Å². The molecule has 0 aromatic carbocycles. The molecule has 42 heavy (non-hydrogen) atoms. The SMILES string of the molecule is Cc1cc(Nc2cc(C(F)F)ccn2)nc(-c2ccc([C@](C)(O)C3CCC(COC(=O)[C@@H](O)CC(C)C)CC3)nc2)c1. The van der Waals surface area contributed by atoms with Gasteiger partial charge < -0.3 is 20.3 Å². The number of hydrogen-bond acceptors (Lipinski definition) is 8. The van der Waals surface area contributed by atoms with Crippen molar-refractivity contribution < 1.29 is 28.5 Å². The Hall–Kier alpha value is -3.50. The van der Waals surface area contributed by atoms with E-state index in [0.717, 1.165) is 36.8 Å². The van der Waals surface area contributed by atoms with E-state index in [4.69, 9.17) is 4.74 Å². The lowest BCUT2D eigenvalue weighted by molar-refractivity contribution is -0.156. The number of hydrogen-bond donors (Lipinski definition) is 3. The van der Waals surface area contributed by atoms with Crippen LogP contribution in [0.5, 0.6) is 0 Å². The molecule has 226 valence electrons. The molecule has 3 aromatic heterocycles. The lowest BCUT2D eigenvalue weighted by Gasteiger charge is -2.37. The number of nitrogens with one attached hydrogen (secondary N) is 1. The summed E-state index contributed by atoms with van der Waals surface area (Å²) in [6, 6.07) is 9.95. The topological polar surface area (TPSA) is 117 Å². The number of alkyl halides is 2. The number of esters is 1. The number of halogens is 2. The molecule has 1 saturated carbocycles. The summed E-state index contributed by atoms with van der Waals surface area (Å²) in [5.41, 5.74) is 1.62. The molecule has 3 N–H and O–H groups in total. The Morgan fingerprint density at radius 1 is 1.10 bits per heavy atom. The highest BCUT2D eigenvalue weighted by Gasteiger charge is 2.38. The van der Waals surface area contributed by atoms with Gasteiger partial charge in [-0.15, -0.1) is 0 Å². The Bertz CT molecular complexity index is 1340. The Morgan fingerprint density at radius 3 is 2.48 bits per heavy atom. The lowest BCUT2D eigenvalue weighted by Crippen LogP contribution is -2.36. The van der Waals surface area contributed by atoms with Crippen molar-refractivity contribution in [1.29, 1.82) is 0 Å². The van der Waals surface area contributed by atoms with E-state index in [2.05, 4.69) is 20.3 Å². The van der Waals surface area contributed by atoms with Gasteiger partial charge in [-0.05, 0) is 106 Å². The summed E-state index contributed by atoms with van der Waals surface area (Å²) in [5, 5.41) is 24.4. The molecule has 0 spiro atoms. The van der Waals surface area contributed by atoms with Crippen LogP contribution in [0.3, 0.4) is 0 Å². The van der Waals surface area contributed by atoms with Gasteiger partial charge in [-0.3, -0.25) is 4.98 Å². The number of aliphatic hydroxyl groups excluding tert-OH is 1. The van der Waals surface area contributed by atoms with Crippen molar-refractivity contribution in [2.45, 2.75) is 77.9 Å². The first-order valence-corrected chi connectivity index (χ1v) is 14.5. The molecule has 1 fully saturated rings. The largest absolute Gasteiger partial charge is 0.463 e. The van der Waals surface area contributed by atoms with Crippen LogP contribution < -0.4 is 5.32 Å². The van der Waals surface area contributed by atoms with Crippen molar-refractivity contribution in [2.75, 3.05) is 11.9 Å². The standard InChI is InChI=1S/C32H40F2N4O4/c1-19(2)13-26(39)31(40)42-18-21-5-8-24(9-6-21)32(4,41)27-10-7-23(17-36-27)25-14-20(3)15-29(37-25)38-28-16-22(30(33)34)11-12-35-28/h7,10-12,14-17,19,21,24,26,30,39,41H,5-6,8-9,13,18H2,1-4H3,(H,35,37,38)/t21?,24?,26-,32+/m0/s1. The molecule has 0 amide bonds. The minimum Gasteiger partial charge on any atom is -0.463 e. The minimum atomic E-state index is -2.59. The van der Waals surface area contributed by atoms with Gasteiger partial charge in [-0.2, -0.15) is 0 Å². The van der Waals surface area contributed by atoms with Crippen LogP contribution in [0.2, 0.25) is 0 Å². The van der Waals surface area contributed by atoms with E-state index in [9.17, 15) is 23.8 Å². The van der Waals surface area contributed by atoms with E-state index in [1.807, 2.05) is 39.0 Å². The van der Waals surface area contributed by atoms with Gasteiger partial charge >= 0.3 is 5.97 Å². The third-order valence-electron chi connectivity index (χ3n) is 7.91. The molecule has 0 saturated heterocycles. The van der Waals surface area contributed by atoms with Gasteiger partial charge in [0.2, 0.25) is 0 Å². The second kappa shape index (κ2) is 13.6. The van der Waals surface area contributed by atoms with Gasteiger partial charge in [0.15, 0.2) is 6.10 Å². The van der Waals surface area contributed by atoms with E-state index in [1.165, 1.54) is 18.3 Å². The Balaban J connectivity index is 1.37. The number of carbonyl (C=O) groups is 1. The van der Waals surface area contributed by atoms with Crippen LogP contribution >= 0.6 is 0 Å². The van der Waals surface area contributed by atoms with Crippen LogP contribution in [0.25, 0.3) is 11.3 Å². The first-order chi connectivity index (χ1) is 19.9. The van der Waals surface area contributed by atoms with E-state index < -0.39 is 24.1 Å². The molecule has 0 radical (unpaired) electrons. The zero-order chi connectivity index (χ0) is 30.4. The lowest BCUT2D eigenvalue weighted by atomic mass is 9.73. The predicted molar refractivity (Wildman–Crippen MR) is 156 cm³/mol. The highest BCUT2D eigenvalue weighted by Crippen LogP contribution is 2.40. The van der Waals surface area contributed by atoms with Crippen molar-refractivity contribution in [2.24, 2.45) is 17.8 Å². The molecular formula is C32H40F2N4O4. The van der Waals surface area contributed by atoms with Crippen molar-refractivity contribution in [1.82, 2.24) is 15.0 Å². The van der Waals surface area contributed by atoms with E-state index in [1.54, 1.807) is 19.2 Å². The quantitative estimate of drug-likeness (QED) is 0.220. The van der Waals surface area contributed by atoms with Crippen LogP contribution in [-0.4, -0.2) is 43.8 Å². The van der Waals surface area contributed by atoms with Gasteiger partial charge in [0, 0.05) is 23.5 Å². The summed E-state index contributed by atoms with van der Waals surface area (Å²) in [6.07, 6.45) is 2.87. The van der Waals surface area contributed by atoms with Crippen molar-refractivity contribution in [3.8, 4) is 11.3 Å². The maximum absolute atomic E-state index is 13.1. The first-order valence-electron chi connectivity index (χ1n) is 14.5. The van der Waals surface area contributed by atoms with Crippen LogP contribution in [0.4, 0.5) is 20.4 Å². The fourth-order valence-electron chi connectivity index (χ4n) is 5.45. The second-order valence-corrected chi connectivity index (χ2v) is 11.9. The maximum Gasteiger partial charge on any atom is 0.334 e. The highest BCUT2D eigenvalue weighted by atomic mass is 19.3. The predicted octanol–water partition coefficient (Wildman–Crippen LogP) is 6.49. The Kier molecular flexibility index (Phi) is 10.2. The van der Waals surface area contributed by atoms with Crippen LogP contribution in [0.15, 0.2) is 48.8 Å². The monoisotopic (exact) mass is 582 g/mol. The maximum atomic E-state index is 13.1. The van der Waals surface area contributed by atoms with Gasteiger partial charge in [0.05, 0.1) is 18.0 Å². The Morgan fingerprint density at radius 2 is 1.83 bits per heavy atom. The average molecular weight is 583 g/mol. The van der Waals surface area contributed by atoms with Crippen LogP contribution in [0.1, 0.15) is 76.1 Å². The zero-order valence-electron chi connectivity index (χ0n) is 24.6. The number of anilines is 2. The smallest absolute Gasteiger partial charge is 0.334 e. The molecule has 2 atom stereocenters. The number of aryl methyl sites for hydroxylation is 1. The summed E-state index contributed by atoms with van der Waals surface area (Å²) in [7, 11) is 0. The van der Waals surface area contributed by atoms with Crippen LogP contribution in [-0.2, 0) is 15.1 Å². The molecule has 4 rings (SSSR count). The number of aromatic nitrogens is 3. The van der Waals surface area contributed by atoms with Gasteiger partial charge in [0.25, 0.3) is 6.43 Å². The second-order valence-electron chi connectivity index (χ2n) is 11.9. The van der Waals surface area contributed by atoms with Crippen molar-refractivity contribution in [3.63, 3.8) is 0 Å². The molecule has 3 heterocycles. The summed E-state index contributed by atoms with van der Waals surface area (Å²) < 4.78 is 31.5. The van der Waals surface area contributed by atoms with Crippen LogP contribution in [0, 0.1) is 24.7 Å². The molecular weight excluding hydrogens is 542 g/mol. The first kappa shape index (κ1) is 31.4. The molecule has 0 aliphatic heterocycles. The number of ether oxygens (including phenoxy) is 1. The van der Waals surface area contributed by atoms with E-state index in [-0.39, 0.29) is 35.7 Å². The molecule has 8 nitrogen and oxygen atoms in total. The van der Waals surface area contributed by atoms with Gasteiger partial charge in [0.1, 0.15) is 17.2 Å². The molecule has 0 unspecified atom stereocenters. The number of rotatable bonds is 11. The Labute approximate surface area is 245 Å². The number of pyridine rings is 3. The molecule has 0 bridgehead atoms. The van der Waals surface area contributed by atoms with Crippen molar-refractivity contribution in [3.05, 3.63) is 65.6 Å². The third kappa shape index (κ3) is 8.07.